The van der Waals surface area contributed by atoms with Crippen molar-refractivity contribution in [2.45, 2.75) is 51.5 Å². The van der Waals surface area contributed by atoms with Crippen molar-refractivity contribution in [1.29, 1.82) is 0 Å². The van der Waals surface area contributed by atoms with Gasteiger partial charge in [0.1, 0.15) is 4.32 Å². The maximum Gasteiger partial charge on any atom is 0.316 e. The van der Waals surface area contributed by atoms with Gasteiger partial charge in [0.15, 0.2) is 6.61 Å². The molecule has 5 nitrogen and oxygen atoms in total. The highest BCUT2D eigenvalue weighted by molar-refractivity contribution is 8.23. The van der Waals surface area contributed by atoms with Gasteiger partial charge >= 0.3 is 5.97 Å². The molecule has 0 aromatic heterocycles. The Hall–Kier alpha value is -0.820. The number of amides is 1. The number of thiocarbonyl (C=S) groups is 1. The molecule has 1 aliphatic heterocycles. The first-order valence-electron chi connectivity index (χ1n) is 9.39. The minimum atomic E-state index is -0.373. The molecule has 7 heteroatoms. The first-order chi connectivity index (χ1) is 12.0. The number of hydrogen-bond donors (Lipinski definition) is 1. The number of rotatable bonds is 7. The van der Waals surface area contributed by atoms with Crippen LogP contribution in [-0.4, -0.2) is 52.6 Å². The minimum absolute atomic E-state index is 0.172. The van der Waals surface area contributed by atoms with Crippen molar-refractivity contribution < 1.29 is 14.3 Å². The first-order valence-corrected chi connectivity index (χ1v) is 10.8. The Morgan fingerprint density at radius 3 is 2.32 bits per heavy atom. The summed E-state index contributed by atoms with van der Waals surface area (Å²) in [7, 11) is 0. The van der Waals surface area contributed by atoms with E-state index in [1.54, 1.807) is 0 Å². The normalized spacial score (nSPS) is 21.3. The molecule has 0 aromatic rings. The Morgan fingerprint density at radius 2 is 1.76 bits per heavy atom. The van der Waals surface area contributed by atoms with Crippen molar-refractivity contribution in [3.05, 3.63) is 0 Å². The standard InChI is InChI=1S/C18H28N2O3S2/c1-12-6-8-20(9-7-12)18(24)25-11-16(22)23-10-15(21)19-17(13-2-3-13)14-4-5-14/h12-14,17H,2-11H2,1H3,(H,19,21). The molecule has 25 heavy (non-hydrogen) atoms. The van der Waals surface area contributed by atoms with Crippen LogP contribution in [0.2, 0.25) is 0 Å². The molecular weight excluding hydrogens is 356 g/mol. The van der Waals surface area contributed by atoms with Crippen LogP contribution in [0.3, 0.4) is 0 Å². The maximum absolute atomic E-state index is 12.0. The average molecular weight is 385 g/mol. The molecule has 3 rings (SSSR count). The van der Waals surface area contributed by atoms with Gasteiger partial charge in [-0.1, -0.05) is 30.9 Å². The van der Waals surface area contributed by atoms with Gasteiger partial charge < -0.3 is 15.0 Å². The fourth-order valence-electron chi connectivity index (χ4n) is 3.35. The number of carbonyl (C=O) groups excluding carboxylic acids is 2. The van der Waals surface area contributed by atoms with Gasteiger partial charge in [-0.25, -0.2) is 0 Å². The lowest BCUT2D eigenvalue weighted by Gasteiger charge is -2.31. The quantitative estimate of drug-likeness (QED) is 0.538. The zero-order valence-corrected chi connectivity index (χ0v) is 16.5. The fraction of sp³-hybridized carbons (Fsp3) is 0.833. The van der Waals surface area contributed by atoms with E-state index >= 15 is 0 Å². The Balaban J connectivity index is 1.29. The molecule has 3 fully saturated rings. The van der Waals surface area contributed by atoms with Crippen molar-refractivity contribution in [3.8, 4) is 0 Å². The van der Waals surface area contributed by atoms with E-state index < -0.39 is 0 Å². The molecule has 2 aliphatic carbocycles. The largest absolute Gasteiger partial charge is 0.455 e. The van der Waals surface area contributed by atoms with Crippen molar-refractivity contribution >= 4 is 40.2 Å². The van der Waals surface area contributed by atoms with Crippen LogP contribution in [0.4, 0.5) is 0 Å². The molecule has 0 bridgehead atoms. The highest BCUT2D eigenvalue weighted by Crippen LogP contribution is 2.44. The summed E-state index contributed by atoms with van der Waals surface area (Å²) in [5.41, 5.74) is 0. The van der Waals surface area contributed by atoms with Crippen molar-refractivity contribution in [2.75, 3.05) is 25.4 Å². The van der Waals surface area contributed by atoms with E-state index in [0.29, 0.717) is 17.9 Å². The zero-order chi connectivity index (χ0) is 17.8. The van der Waals surface area contributed by atoms with Crippen LogP contribution in [0.1, 0.15) is 45.4 Å². The Labute approximate surface area is 159 Å². The Bertz CT molecular complexity index is 500. The number of nitrogens with zero attached hydrogens (tertiary/aromatic N) is 1. The molecular formula is C18H28N2O3S2. The SMILES string of the molecule is CC1CCN(C(=S)SCC(=O)OCC(=O)NC(C2CC2)C2CC2)CC1. The van der Waals surface area contributed by atoms with Gasteiger partial charge in [0.2, 0.25) is 0 Å². The van der Waals surface area contributed by atoms with Gasteiger partial charge in [-0.2, -0.15) is 0 Å². The first kappa shape index (κ1) is 19.0. The van der Waals surface area contributed by atoms with Gasteiger partial charge in [-0.3, -0.25) is 9.59 Å². The lowest BCUT2D eigenvalue weighted by molar-refractivity contribution is -0.146. The molecule has 0 spiro atoms. The van der Waals surface area contributed by atoms with Crippen LogP contribution >= 0.6 is 24.0 Å². The second-order valence-corrected chi connectivity index (χ2v) is 9.26. The lowest BCUT2D eigenvalue weighted by atomic mass is 10.00. The van der Waals surface area contributed by atoms with Crippen LogP contribution in [0.25, 0.3) is 0 Å². The fourth-order valence-corrected chi connectivity index (χ4v) is 4.40. The number of thioether (sulfide) groups is 1. The lowest BCUT2D eigenvalue weighted by Crippen LogP contribution is -2.40. The predicted octanol–water partition coefficient (Wildman–Crippen LogP) is 2.58. The van der Waals surface area contributed by atoms with E-state index in [-0.39, 0.29) is 24.2 Å². The van der Waals surface area contributed by atoms with E-state index in [4.69, 9.17) is 17.0 Å². The summed E-state index contributed by atoms with van der Waals surface area (Å²) in [5.74, 6) is 1.67. The van der Waals surface area contributed by atoms with Gasteiger partial charge in [-0.15, -0.1) is 0 Å². The molecule has 140 valence electrons. The second kappa shape index (κ2) is 8.71. The van der Waals surface area contributed by atoms with Gasteiger partial charge in [0.05, 0.1) is 5.75 Å². The summed E-state index contributed by atoms with van der Waals surface area (Å²) in [6.07, 6.45) is 7.15. The molecule has 1 N–H and O–H groups in total. The number of hydrogen-bond acceptors (Lipinski definition) is 5. The Kier molecular flexibility index (Phi) is 6.61. The number of likely N-dealkylation sites (tertiary alicyclic amines) is 1. The molecule has 3 aliphatic rings. The smallest absolute Gasteiger partial charge is 0.316 e. The van der Waals surface area contributed by atoms with Gasteiger partial charge in [0, 0.05) is 19.1 Å². The van der Waals surface area contributed by atoms with Gasteiger partial charge in [-0.05, 0) is 56.3 Å². The molecule has 1 heterocycles. The zero-order valence-electron chi connectivity index (χ0n) is 14.9. The summed E-state index contributed by atoms with van der Waals surface area (Å²) >= 11 is 6.74. The van der Waals surface area contributed by atoms with Crippen molar-refractivity contribution in [1.82, 2.24) is 10.2 Å². The van der Waals surface area contributed by atoms with E-state index in [1.807, 2.05) is 0 Å². The van der Waals surface area contributed by atoms with Crippen LogP contribution in [-0.2, 0) is 14.3 Å². The van der Waals surface area contributed by atoms with Crippen LogP contribution in [0.15, 0.2) is 0 Å². The third kappa shape index (κ3) is 6.13. The van der Waals surface area contributed by atoms with E-state index in [2.05, 4.69) is 17.1 Å². The van der Waals surface area contributed by atoms with Crippen LogP contribution < -0.4 is 5.32 Å². The monoisotopic (exact) mass is 384 g/mol. The van der Waals surface area contributed by atoms with E-state index in [0.717, 1.165) is 36.2 Å². The highest BCUT2D eigenvalue weighted by atomic mass is 32.2. The summed E-state index contributed by atoms with van der Waals surface area (Å²) in [6.45, 7) is 4.01. The topological polar surface area (TPSA) is 58.6 Å². The maximum atomic E-state index is 12.0. The highest BCUT2D eigenvalue weighted by Gasteiger charge is 2.42. The summed E-state index contributed by atoms with van der Waals surface area (Å²) < 4.78 is 5.87. The molecule has 1 amide bonds. The van der Waals surface area contributed by atoms with Crippen LogP contribution in [0.5, 0.6) is 0 Å². The third-order valence-corrected chi connectivity index (χ3v) is 6.80. The number of carbonyl (C=O) groups is 2. The third-order valence-electron chi connectivity index (χ3n) is 5.31. The summed E-state index contributed by atoms with van der Waals surface area (Å²) in [5, 5.41) is 3.06. The summed E-state index contributed by atoms with van der Waals surface area (Å²) in [4.78, 5) is 26.0. The molecule has 0 atom stereocenters. The minimum Gasteiger partial charge on any atom is -0.455 e. The Morgan fingerprint density at radius 1 is 1.16 bits per heavy atom. The van der Waals surface area contributed by atoms with E-state index in [9.17, 15) is 9.59 Å². The van der Waals surface area contributed by atoms with E-state index in [1.165, 1.54) is 37.4 Å². The average Bonchev–Trinajstić information content (AvgIpc) is 3.48. The summed E-state index contributed by atoms with van der Waals surface area (Å²) in [6, 6.07) is 0.301. The molecule has 2 saturated carbocycles. The second-order valence-electron chi connectivity index (χ2n) is 7.65. The number of ether oxygens (including phenoxy) is 1. The number of esters is 1. The van der Waals surface area contributed by atoms with Crippen molar-refractivity contribution in [2.24, 2.45) is 17.8 Å². The van der Waals surface area contributed by atoms with Crippen molar-refractivity contribution in [3.63, 3.8) is 0 Å². The molecule has 0 radical (unpaired) electrons. The van der Waals surface area contributed by atoms with Gasteiger partial charge in [0.25, 0.3) is 5.91 Å². The number of nitrogens with one attached hydrogen (secondary N) is 1. The van der Waals surface area contributed by atoms with Crippen LogP contribution in [0, 0.1) is 17.8 Å². The molecule has 0 aromatic carbocycles. The number of piperidine rings is 1. The molecule has 0 unspecified atom stereocenters. The predicted molar refractivity (Wildman–Crippen MR) is 103 cm³/mol. The molecule has 1 saturated heterocycles.